The summed E-state index contributed by atoms with van der Waals surface area (Å²) in [6, 6.07) is 9.63. The van der Waals surface area contributed by atoms with Crippen molar-refractivity contribution in [2.75, 3.05) is 18.8 Å². The summed E-state index contributed by atoms with van der Waals surface area (Å²) in [6.45, 7) is 3.32. The first-order chi connectivity index (χ1) is 15.5. The minimum absolute atomic E-state index is 0.0458. The molecule has 0 aliphatic carbocycles. The number of carbonyl (C=O) groups excluding carboxylic acids is 1. The Labute approximate surface area is 193 Å². The van der Waals surface area contributed by atoms with Crippen molar-refractivity contribution in [2.24, 2.45) is 0 Å². The van der Waals surface area contributed by atoms with E-state index in [1.807, 2.05) is 42.2 Å². The molecule has 170 valence electrons. The topological polar surface area (TPSA) is 83.5 Å². The molecule has 1 fully saturated rings. The van der Waals surface area contributed by atoms with Crippen molar-refractivity contribution in [3.8, 4) is 0 Å². The van der Waals surface area contributed by atoms with Crippen LogP contribution in [0.25, 0.3) is 10.8 Å². The van der Waals surface area contributed by atoms with E-state index in [2.05, 4.69) is 9.97 Å². The number of rotatable bonds is 8. The van der Waals surface area contributed by atoms with Crippen molar-refractivity contribution in [1.29, 1.82) is 0 Å². The minimum atomic E-state index is -3.23. The van der Waals surface area contributed by atoms with Crippen molar-refractivity contribution in [1.82, 2.24) is 19.2 Å². The highest BCUT2D eigenvalue weighted by molar-refractivity contribution is 7.89. The average Bonchev–Trinajstić information content (AvgIpc) is 3.34. The summed E-state index contributed by atoms with van der Waals surface area (Å²) in [7, 11) is -3.23. The van der Waals surface area contributed by atoms with E-state index in [1.165, 1.54) is 11.3 Å². The number of thiazole rings is 1. The van der Waals surface area contributed by atoms with E-state index in [0.29, 0.717) is 44.6 Å². The van der Waals surface area contributed by atoms with Gasteiger partial charge in [-0.3, -0.25) is 14.8 Å². The average molecular weight is 473 g/mol. The lowest BCUT2D eigenvalue weighted by Crippen LogP contribution is -2.49. The van der Waals surface area contributed by atoms with E-state index >= 15 is 0 Å². The molecule has 0 saturated carbocycles. The molecule has 4 rings (SSSR count). The van der Waals surface area contributed by atoms with Gasteiger partial charge < -0.3 is 4.90 Å². The van der Waals surface area contributed by atoms with E-state index in [9.17, 15) is 13.2 Å². The first-order valence-electron chi connectivity index (χ1n) is 11.0. The molecular weight excluding hydrogens is 444 g/mol. The Morgan fingerprint density at radius 2 is 1.94 bits per heavy atom. The number of nitrogens with zero attached hydrogens (tertiary/aromatic N) is 4. The molecular formula is C23H28N4O3S2. The van der Waals surface area contributed by atoms with Crippen LogP contribution in [0, 0.1) is 0 Å². The Hall–Kier alpha value is -2.36. The maximum atomic E-state index is 13.5. The van der Waals surface area contributed by atoms with Gasteiger partial charge in [-0.2, -0.15) is 0 Å². The lowest BCUT2D eigenvalue weighted by molar-refractivity contribution is 0.0593. The molecule has 3 heterocycles. The van der Waals surface area contributed by atoms with Crippen molar-refractivity contribution in [2.45, 2.75) is 45.2 Å². The van der Waals surface area contributed by atoms with Crippen LogP contribution in [-0.4, -0.2) is 58.4 Å². The van der Waals surface area contributed by atoms with Gasteiger partial charge in [0.05, 0.1) is 17.8 Å². The number of aromatic nitrogens is 2. The number of sulfonamides is 1. The number of carbonyl (C=O) groups is 1. The Morgan fingerprint density at radius 3 is 2.62 bits per heavy atom. The Bertz CT molecular complexity index is 1160. The number of unbranched alkanes of at least 4 members (excludes halogenated alkanes) is 1. The number of fused-ring (bicyclic) bond motifs is 1. The normalized spacial score (nSPS) is 15.8. The maximum absolute atomic E-state index is 13.5. The Kier molecular flexibility index (Phi) is 7.17. The van der Waals surface area contributed by atoms with Gasteiger partial charge in [0.1, 0.15) is 5.69 Å². The summed E-state index contributed by atoms with van der Waals surface area (Å²) in [5.41, 5.74) is 2.17. The standard InChI is InChI=1S/C23H28N4O3S2/c1-2-3-12-32(29,30)26-10-8-20(9-11-26)27(16-21-15-24-17-31-21)23(28)22-13-18-6-4-5-7-19(18)14-25-22/h4-7,13-15,17,20H,2-3,8-12,16H2,1H3. The van der Waals surface area contributed by atoms with Crippen molar-refractivity contribution in [3.63, 3.8) is 0 Å². The van der Waals surface area contributed by atoms with E-state index in [-0.39, 0.29) is 17.7 Å². The molecule has 32 heavy (non-hydrogen) atoms. The summed E-state index contributed by atoms with van der Waals surface area (Å²) in [4.78, 5) is 25.0. The second-order valence-corrected chi connectivity index (χ2v) is 11.2. The van der Waals surface area contributed by atoms with Gasteiger partial charge in [0, 0.05) is 41.8 Å². The van der Waals surface area contributed by atoms with Crippen molar-refractivity contribution < 1.29 is 13.2 Å². The van der Waals surface area contributed by atoms with Crippen LogP contribution >= 0.6 is 11.3 Å². The predicted molar refractivity (Wildman–Crippen MR) is 127 cm³/mol. The zero-order valence-corrected chi connectivity index (χ0v) is 19.8. The Morgan fingerprint density at radius 1 is 1.19 bits per heavy atom. The van der Waals surface area contributed by atoms with Crippen molar-refractivity contribution in [3.05, 3.63) is 58.8 Å². The van der Waals surface area contributed by atoms with Crippen LogP contribution < -0.4 is 0 Å². The molecule has 1 aromatic carbocycles. The van der Waals surface area contributed by atoms with Gasteiger partial charge >= 0.3 is 0 Å². The van der Waals surface area contributed by atoms with Gasteiger partial charge in [0.2, 0.25) is 10.0 Å². The quantitative estimate of drug-likeness (QED) is 0.496. The molecule has 2 aromatic heterocycles. The molecule has 1 aliphatic heterocycles. The van der Waals surface area contributed by atoms with Gasteiger partial charge in [-0.25, -0.2) is 12.7 Å². The van der Waals surface area contributed by atoms with E-state index in [4.69, 9.17) is 0 Å². The number of piperidine rings is 1. The van der Waals surface area contributed by atoms with Gasteiger partial charge in [-0.05, 0) is 30.7 Å². The molecule has 1 saturated heterocycles. The summed E-state index contributed by atoms with van der Waals surface area (Å²) >= 11 is 1.51. The van der Waals surface area contributed by atoms with Gasteiger partial charge in [0.15, 0.2) is 0 Å². The molecule has 0 radical (unpaired) electrons. The number of amides is 1. The first kappa shape index (κ1) is 22.8. The fourth-order valence-electron chi connectivity index (χ4n) is 4.09. The van der Waals surface area contributed by atoms with Gasteiger partial charge in [0.25, 0.3) is 5.91 Å². The number of hydrogen-bond donors (Lipinski definition) is 0. The predicted octanol–water partition coefficient (Wildman–Crippen LogP) is 3.93. The molecule has 0 bridgehead atoms. The van der Waals surface area contributed by atoms with Gasteiger partial charge in [-0.1, -0.05) is 37.6 Å². The largest absolute Gasteiger partial charge is 0.329 e. The highest BCUT2D eigenvalue weighted by Crippen LogP contribution is 2.25. The lowest BCUT2D eigenvalue weighted by atomic mass is 10.0. The summed E-state index contributed by atoms with van der Waals surface area (Å²) in [5.74, 6) is 0.0648. The third-order valence-electron chi connectivity index (χ3n) is 5.93. The highest BCUT2D eigenvalue weighted by Gasteiger charge is 2.33. The zero-order valence-electron chi connectivity index (χ0n) is 18.2. The van der Waals surface area contributed by atoms with E-state index in [1.54, 1.807) is 22.2 Å². The molecule has 7 nitrogen and oxygen atoms in total. The summed E-state index contributed by atoms with van der Waals surface area (Å²) in [5, 5.41) is 1.96. The fraction of sp³-hybridized carbons (Fsp3) is 0.435. The molecule has 1 aliphatic rings. The zero-order chi connectivity index (χ0) is 22.6. The van der Waals surface area contributed by atoms with E-state index in [0.717, 1.165) is 22.1 Å². The van der Waals surface area contributed by atoms with Crippen LogP contribution in [0.2, 0.25) is 0 Å². The second-order valence-electron chi connectivity index (χ2n) is 8.12. The van der Waals surface area contributed by atoms with Crippen LogP contribution in [0.15, 0.2) is 48.2 Å². The lowest BCUT2D eigenvalue weighted by Gasteiger charge is -2.37. The first-order valence-corrected chi connectivity index (χ1v) is 13.5. The molecule has 3 aromatic rings. The van der Waals surface area contributed by atoms with Crippen LogP contribution in [0.3, 0.4) is 0 Å². The molecule has 0 spiro atoms. The third-order valence-corrected chi connectivity index (χ3v) is 8.65. The highest BCUT2D eigenvalue weighted by atomic mass is 32.2. The second kappa shape index (κ2) is 10.1. The maximum Gasteiger partial charge on any atom is 0.273 e. The van der Waals surface area contributed by atoms with Crippen LogP contribution in [0.1, 0.15) is 48.0 Å². The van der Waals surface area contributed by atoms with Gasteiger partial charge in [-0.15, -0.1) is 11.3 Å². The van der Waals surface area contributed by atoms with Crippen LogP contribution in [0.5, 0.6) is 0 Å². The molecule has 0 N–H and O–H groups in total. The number of hydrogen-bond acceptors (Lipinski definition) is 6. The van der Waals surface area contributed by atoms with Crippen LogP contribution in [-0.2, 0) is 16.6 Å². The number of benzene rings is 1. The molecule has 0 atom stereocenters. The van der Waals surface area contributed by atoms with Crippen molar-refractivity contribution >= 4 is 38.0 Å². The summed E-state index contributed by atoms with van der Waals surface area (Å²) < 4.78 is 26.8. The minimum Gasteiger partial charge on any atom is -0.329 e. The van der Waals surface area contributed by atoms with E-state index < -0.39 is 10.0 Å². The smallest absolute Gasteiger partial charge is 0.273 e. The molecule has 0 unspecified atom stereocenters. The van der Waals surface area contributed by atoms with Crippen LogP contribution in [0.4, 0.5) is 0 Å². The number of pyridine rings is 1. The fourth-order valence-corrected chi connectivity index (χ4v) is 6.36. The molecule has 1 amide bonds. The Balaban J connectivity index is 1.54. The summed E-state index contributed by atoms with van der Waals surface area (Å²) in [6.07, 6.45) is 6.27. The third kappa shape index (κ3) is 5.16. The monoisotopic (exact) mass is 472 g/mol. The molecule has 9 heteroatoms. The SMILES string of the molecule is CCCCS(=O)(=O)N1CCC(N(Cc2cncs2)C(=O)c2cc3ccccc3cn2)CC1.